The Kier molecular flexibility index (Phi) is 4.81. The van der Waals surface area contributed by atoms with Gasteiger partial charge < -0.3 is 10.2 Å². The molecule has 0 saturated carbocycles. The first kappa shape index (κ1) is 15.0. The van der Waals surface area contributed by atoms with E-state index in [1.807, 2.05) is 12.1 Å². The van der Waals surface area contributed by atoms with Crippen molar-refractivity contribution in [1.29, 1.82) is 0 Å². The monoisotopic (exact) mass is 293 g/mol. The van der Waals surface area contributed by atoms with Crippen LogP contribution in [0.1, 0.15) is 17.7 Å². The van der Waals surface area contributed by atoms with Gasteiger partial charge in [-0.25, -0.2) is 4.98 Å². The van der Waals surface area contributed by atoms with Crippen LogP contribution < -0.4 is 5.73 Å². The lowest BCUT2D eigenvalue weighted by Crippen LogP contribution is -2.26. The summed E-state index contributed by atoms with van der Waals surface area (Å²) in [7, 11) is 0. The second kappa shape index (κ2) is 6.39. The zero-order chi connectivity index (χ0) is 13.2. The molecule has 0 spiro atoms. The molecule has 4 nitrogen and oxygen atoms in total. The summed E-state index contributed by atoms with van der Waals surface area (Å²) < 4.78 is 5.56. The maximum atomic E-state index is 5.90. The smallest absolute Gasteiger partial charge is 0.226 e. The fourth-order valence-corrected chi connectivity index (χ4v) is 2.44. The Morgan fingerprint density at radius 2 is 2.10 bits per heavy atom. The van der Waals surface area contributed by atoms with Crippen molar-refractivity contribution in [2.45, 2.75) is 25.9 Å². The van der Waals surface area contributed by atoms with Crippen LogP contribution in [0, 0.1) is 6.92 Å². The van der Waals surface area contributed by atoms with Gasteiger partial charge in [-0.1, -0.05) is 17.7 Å². The van der Waals surface area contributed by atoms with Crippen molar-refractivity contribution < 1.29 is 4.42 Å². The lowest BCUT2D eigenvalue weighted by atomic mass is 10.1. The summed E-state index contributed by atoms with van der Waals surface area (Å²) in [5.74, 6) is 0.693. The minimum absolute atomic E-state index is 0. The molecule has 1 aliphatic heterocycles. The van der Waals surface area contributed by atoms with Crippen molar-refractivity contribution in [3.63, 3.8) is 0 Å². The summed E-state index contributed by atoms with van der Waals surface area (Å²) >= 11 is 0. The van der Waals surface area contributed by atoms with Gasteiger partial charge in [-0.3, -0.25) is 4.90 Å². The normalized spacial score (nSPS) is 19.0. The summed E-state index contributed by atoms with van der Waals surface area (Å²) in [5, 5.41) is 0. The van der Waals surface area contributed by atoms with E-state index in [-0.39, 0.29) is 12.4 Å². The predicted molar refractivity (Wildman–Crippen MR) is 81.8 cm³/mol. The Morgan fingerprint density at radius 3 is 2.75 bits per heavy atom. The van der Waals surface area contributed by atoms with E-state index in [0.29, 0.717) is 11.9 Å². The molecule has 1 unspecified atom stereocenters. The maximum Gasteiger partial charge on any atom is 0.226 e. The molecule has 2 heterocycles. The highest BCUT2D eigenvalue weighted by molar-refractivity contribution is 5.85. The van der Waals surface area contributed by atoms with Gasteiger partial charge in [-0.05, 0) is 25.5 Å². The zero-order valence-corrected chi connectivity index (χ0v) is 12.4. The number of nitrogens with zero attached hydrogens (tertiary/aromatic N) is 2. The molecular formula is C15H20ClN3O. The van der Waals surface area contributed by atoms with Gasteiger partial charge in [-0.15, -0.1) is 12.4 Å². The number of halogens is 1. The quantitative estimate of drug-likeness (QED) is 0.945. The number of likely N-dealkylation sites (tertiary alicyclic amines) is 1. The predicted octanol–water partition coefficient (Wildman–Crippen LogP) is 2.60. The third-order valence-corrected chi connectivity index (χ3v) is 3.54. The number of oxazole rings is 1. The van der Waals surface area contributed by atoms with Gasteiger partial charge in [0.2, 0.25) is 5.89 Å². The van der Waals surface area contributed by atoms with Crippen LogP contribution in [0.5, 0.6) is 0 Å². The number of benzene rings is 1. The molecule has 1 aliphatic rings. The SMILES string of the molecule is Cc1ccc(-c2nc(CN3CCC(N)C3)co2)cc1.Cl. The van der Waals surface area contributed by atoms with E-state index in [4.69, 9.17) is 10.2 Å². The van der Waals surface area contributed by atoms with E-state index in [2.05, 4.69) is 28.9 Å². The third kappa shape index (κ3) is 3.39. The number of nitrogens with two attached hydrogens (primary N) is 1. The Balaban J connectivity index is 0.00000147. The van der Waals surface area contributed by atoms with Crippen molar-refractivity contribution in [3.05, 3.63) is 41.8 Å². The van der Waals surface area contributed by atoms with Gasteiger partial charge in [0.25, 0.3) is 0 Å². The van der Waals surface area contributed by atoms with Gasteiger partial charge >= 0.3 is 0 Å². The molecule has 0 radical (unpaired) electrons. The molecule has 5 heteroatoms. The fraction of sp³-hybridized carbons (Fsp3) is 0.400. The molecule has 1 fully saturated rings. The van der Waals surface area contributed by atoms with Crippen LogP contribution in [0.15, 0.2) is 34.9 Å². The number of rotatable bonds is 3. The highest BCUT2D eigenvalue weighted by Crippen LogP contribution is 2.20. The lowest BCUT2D eigenvalue weighted by molar-refractivity contribution is 0.322. The first-order valence-corrected chi connectivity index (χ1v) is 6.70. The van der Waals surface area contributed by atoms with Crippen LogP contribution in [0.2, 0.25) is 0 Å². The molecule has 0 bridgehead atoms. The molecule has 3 rings (SSSR count). The third-order valence-electron chi connectivity index (χ3n) is 3.54. The van der Waals surface area contributed by atoms with Crippen molar-refractivity contribution in [2.75, 3.05) is 13.1 Å². The molecule has 2 N–H and O–H groups in total. The fourth-order valence-electron chi connectivity index (χ4n) is 2.44. The van der Waals surface area contributed by atoms with E-state index in [9.17, 15) is 0 Å². The number of hydrogen-bond acceptors (Lipinski definition) is 4. The van der Waals surface area contributed by atoms with Gasteiger partial charge in [0.15, 0.2) is 0 Å². The van der Waals surface area contributed by atoms with Crippen LogP contribution in [-0.4, -0.2) is 29.0 Å². The number of aromatic nitrogens is 1. The standard InChI is InChI=1S/C15H19N3O.ClH/c1-11-2-4-12(5-3-11)15-17-14(10-19-15)9-18-7-6-13(16)8-18;/h2-5,10,13H,6-9,16H2,1H3;1H. The second-order valence-corrected chi connectivity index (χ2v) is 5.29. The van der Waals surface area contributed by atoms with Crippen molar-refractivity contribution in [1.82, 2.24) is 9.88 Å². The van der Waals surface area contributed by atoms with Crippen LogP contribution in [0.3, 0.4) is 0 Å². The molecule has 20 heavy (non-hydrogen) atoms. The molecule has 0 aliphatic carbocycles. The molecule has 1 aromatic heterocycles. The largest absolute Gasteiger partial charge is 0.444 e. The molecule has 1 atom stereocenters. The van der Waals surface area contributed by atoms with E-state index in [1.54, 1.807) is 6.26 Å². The van der Waals surface area contributed by atoms with Gasteiger partial charge in [-0.2, -0.15) is 0 Å². The highest BCUT2D eigenvalue weighted by Gasteiger charge is 2.20. The zero-order valence-electron chi connectivity index (χ0n) is 11.6. The molecule has 2 aromatic rings. The molecule has 1 aromatic carbocycles. The Labute approximate surface area is 125 Å². The molecule has 1 saturated heterocycles. The summed E-state index contributed by atoms with van der Waals surface area (Å²) in [6.45, 7) is 4.89. The van der Waals surface area contributed by atoms with Crippen LogP contribution in [0.25, 0.3) is 11.5 Å². The second-order valence-electron chi connectivity index (χ2n) is 5.29. The Hall–Kier alpha value is -1.36. The summed E-state index contributed by atoms with van der Waals surface area (Å²) in [6, 6.07) is 8.52. The lowest BCUT2D eigenvalue weighted by Gasteiger charge is -2.12. The molecule has 108 valence electrons. The van der Waals surface area contributed by atoms with Crippen molar-refractivity contribution >= 4 is 12.4 Å². The first-order valence-electron chi connectivity index (χ1n) is 6.70. The first-order chi connectivity index (χ1) is 9.20. The Bertz CT molecular complexity index is 553. The van der Waals surface area contributed by atoms with Crippen LogP contribution in [0.4, 0.5) is 0 Å². The minimum atomic E-state index is 0. The average molecular weight is 294 g/mol. The van der Waals surface area contributed by atoms with Crippen molar-refractivity contribution in [2.24, 2.45) is 5.73 Å². The highest BCUT2D eigenvalue weighted by atomic mass is 35.5. The summed E-state index contributed by atoms with van der Waals surface area (Å²) in [4.78, 5) is 6.87. The number of hydrogen-bond donors (Lipinski definition) is 1. The maximum absolute atomic E-state index is 5.90. The summed E-state index contributed by atoms with van der Waals surface area (Å²) in [5.41, 5.74) is 9.14. The molecule has 0 amide bonds. The average Bonchev–Trinajstić information content (AvgIpc) is 3.00. The topological polar surface area (TPSA) is 55.3 Å². The number of aryl methyl sites for hydroxylation is 1. The molecular weight excluding hydrogens is 274 g/mol. The van der Waals surface area contributed by atoms with E-state index in [0.717, 1.165) is 37.3 Å². The van der Waals surface area contributed by atoms with Gasteiger partial charge in [0.05, 0.1) is 5.69 Å². The van der Waals surface area contributed by atoms with Crippen LogP contribution in [-0.2, 0) is 6.54 Å². The van der Waals surface area contributed by atoms with E-state index in [1.165, 1.54) is 5.56 Å². The van der Waals surface area contributed by atoms with Crippen molar-refractivity contribution in [3.8, 4) is 11.5 Å². The van der Waals surface area contributed by atoms with Gasteiger partial charge in [0.1, 0.15) is 6.26 Å². The summed E-state index contributed by atoms with van der Waals surface area (Å²) in [6.07, 6.45) is 2.82. The van der Waals surface area contributed by atoms with E-state index >= 15 is 0 Å². The Morgan fingerprint density at radius 1 is 1.35 bits per heavy atom. The van der Waals surface area contributed by atoms with Crippen LogP contribution >= 0.6 is 12.4 Å². The van der Waals surface area contributed by atoms with E-state index < -0.39 is 0 Å². The minimum Gasteiger partial charge on any atom is -0.444 e. The van der Waals surface area contributed by atoms with Gasteiger partial charge in [0, 0.05) is 31.2 Å².